The number of anilines is 1. The Balaban J connectivity index is 1.48. The summed E-state index contributed by atoms with van der Waals surface area (Å²) in [4.78, 5) is 37.6. The predicted octanol–water partition coefficient (Wildman–Crippen LogP) is 2.56. The monoisotopic (exact) mass is 402 g/mol. The lowest BCUT2D eigenvalue weighted by Gasteiger charge is -2.11. The normalized spacial score (nSPS) is 10.7. The van der Waals surface area contributed by atoms with E-state index in [2.05, 4.69) is 15.7 Å². The summed E-state index contributed by atoms with van der Waals surface area (Å²) in [5.74, 6) is -0.207. The number of benzene rings is 2. The van der Waals surface area contributed by atoms with Crippen molar-refractivity contribution in [2.75, 3.05) is 5.32 Å². The largest absolute Gasteiger partial charge is 0.467 e. The average Bonchev–Trinajstić information content (AvgIpc) is 3.28. The van der Waals surface area contributed by atoms with Crippen molar-refractivity contribution < 1.29 is 14.0 Å². The van der Waals surface area contributed by atoms with Crippen molar-refractivity contribution in [3.63, 3.8) is 0 Å². The van der Waals surface area contributed by atoms with Crippen LogP contribution in [0, 0.1) is 0 Å². The molecule has 0 aliphatic heterocycles. The van der Waals surface area contributed by atoms with Gasteiger partial charge in [0.25, 0.3) is 11.5 Å². The van der Waals surface area contributed by atoms with Crippen LogP contribution < -0.4 is 16.2 Å². The Kier molecular flexibility index (Phi) is 5.38. The van der Waals surface area contributed by atoms with Crippen LogP contribution in [-0.2, 0) is 17.9 Å². The summed E-state index contributed by atoms with van der Waals surface area (Å²) in [7, 11) is 0. The third kappa shape index (κ3) is 4.12. The number of amides is 2. The molecule has 0 saturated carbocycles. The van der Waals surface area contributed by atoms with E-state index in [1.165, 1.54) is 6.26 Å². The van der Waals surface area contributed by atoms with Crippen LogP contribution in [0.2, 0.25) is 0 Å². The Labute approximate surface area is 171 Å². The average molecular weight is 402 g/mol. The first kappa shape index (κ1) is 19.1. The van der Waals surface area contributed by atoms with Crippen molar-refractivity contribution >= 4 is 28.3 Å². The number of hydrogen-bond acceptors (Lipinski definition) is 5. The molecular weight excluding hydrogens is 384 g/mol. The number of nitrogens with zero attached hydrogens (tertiary/aromatic N) is 2. The number of carbonyl (C=O) groups is 2. The van der Waals surface area contributed by atoms with Gasteiger partial charge in [-0.2, -0.15) is 5.10 Å². The number of carbonyl (C=O) groups excluding carboxylic acids is 2. The van der Waals surface area contributed by atoms with Gasteiger partial charge in [0.05, 0.1) is 35.6 Å². The summed E-state index contributed by atoms with van der Waals surface area (Å²) in [5, 5.41) is 10.7. The highest BCUT2D eigenvalue weighted by Crippen LogP contribution is 2.15. The number of fused-ring (bicyclic) bond motifs is 1. The van der Waals surface area contributed by atoms with Crippen LogP contribution in [0.15, 0.2) is 82.3 Å². The van der Waals surface area contributed by atoms with Gasteiger partial charge in [-0.3, -0.25) is 14.4 Å². The predicted molar refractivity (Wildman–Crippen MR) is 111 cm³/mol. The van der Waals surface area contributed by atoms with E-state index in [0.29, 0.717) is 27.8 Å². The molecule has 0 bridgehead atoms. The van der Waals surface area contributed by atoms with Crippen LogP contribution in [-0.4, -0.2) is 21.6 Å². The highest BCUT2D eigenvalue weighted by Gasteiger charge is 2.15. The Morgan fingerprint density at radius 2 is 1.80 bits per heavy atom. The maximum Gasteiger partial charge on any atom is 0.275 e. The van der Waals surface area contributed by atoms with Crippen LogP contribution in [0.5, 0.6) is 0 Å². The van der Waals surface area contributed by atoms with E-state index < -0.39 is 5.91 Å². The SMILES string of the molecule is O=C(Cn1ncc2ccccc2c1=O)Nc1ccccc1C(=O)NCc1ccco1. The highest BCUT2D eigenvalue weighted by atomic mass is 16.3. The molecule has 2 N–H and O–H groups in total. The molecule has 0 aliphatic rings. The molecule has 0 radical (unpaired) electrons. The van der Waals surface area contributed by atoms with E-state index in [1.54, 1.807) is 60.8 Å². The molecular formula is C22H18N4O4. The first-order valence-electron chi connectivity index (χ1n) is 9.26. The zero-order valence-corrected chi connectivity index (χ0v) is 15.9. The number of hydrogen-bond donors (Lipinski definition) is 2. The number of aromatic nitrogens is 2. The van der Waals surface area contributed by atoms with E-state index in [-0.39, 0.29) is 24.6 Å². The van der Waals surface area contributed by atoms with E-state index in [0.717, 1.165) is 4.68 Å². The lowest BCUT2D eigenvalue weighted by Crippen LogP contribution is -2.30. The van der Waals surface area contributed by atoms with Crippen molar-refractivity contribution in [3.8, 4) is 0 Å². The third-order valence-electron chi connectivity index (χ3n) is 4.50. The fraction of sp³-hybridized carbons (Fsp3) is 0.0909. The van der Waals surface area contributed by atoms with Crippen LogP contribution in [0.4, 0.5) is 5.69 Å². The Hall–Kier alpha value is -4.20. The van der Waals surface area contributed by atoms with Crippen molar-refractivity contribution in [1.82, 2.24) is 15.1 Å². The molecule has 0 unspecified atom stereocenters. The second kappa shape index (κ2) is 8.44. The van der Waals surface area contributed by atoms with Crippen molar-refractivity contribution in [2.45, 2.75) is 13.1 Å². The lowest BCUT2D eigenvalue weighted by molar-refractivity contribution is -0.117. The minimum absolute atomic E-state index is 0.227. The Morgan fingerprint density at radius 3 is 2.63 bits per heavy atom. The molecule has 8 nitrogen and oxygen atoms in total. The number of furan rings is 1. The van der Waals surface area contributed by atoms with Gasteiger partial charge in [-0.25, -0.2) is 4.68 Å². The molecule has 8 heteroatoms. The van der Waals surface area contributed by atoms with Gasteiger partial charge in [0.2, 0.25) is 5.91 Å². The van der Waals surface area contributed by atoms with E-state index in [4.69, 9.17) is 4.42 Å². The number of nitrogens with one attached hydrogen (secondary N) is 2. The van der Waals surface area contributed by atoms with Crippen LogP contribution in [0.3, 0.4) is 0 Å². The molecule has 150 valence electrons. The van der Waals surface area contributed by atoms with Gasteiger partial charge in [-0.15, -0.1) is 0 Å². The minimum atomic E-state index is -0.467. The molecule has 0 saturated heterocycles. The van der Waals surface area contributed by atoms with Gasteiger partial charge in [-0.05, 0) is 30.3 Å². The van der Waals surface area contributed by atoms with Crippen LogP contribution in [0.25, 0.3) is 10.8 Å². The fourth-order valence-corrected chi connectivity index (χ4v) is 3.03. The van der Waals surface area contributed by atoms with Gasteiger partial charge < -0.3 is 15.1 Å². The first-order valence-corrected chi connectivity index (χ1v) is 9.26. The molecule has 0 atom stereocenters. The lowest BCUT2D eigenvalue weighted by atomic mass is 10.1. The first-order chi connectivity index (χ1) is 14.6. The van der Waals surface area contributed by atoms with Gasteiger partial charge in [0.15, 0.2) is 0 Å². The van der Waals surface area contributed by atoms with Crippen molar-refractivity contribution in [1.29, 1.82) is 0 Å². The quantitative estimate of drug-likeness (QED) is 0.516. The molecule has 30 heavy (non-hydrogen) atoms. The maximum absolute atomic E-state index is 12.5. The van der Waals surface area contributed by atoms with Gasteiger partial charge in [0, 0.05) is 5.39 Å². The summed E-state index contributed by atoms with van der Waals surface area (Å²) in [6, 6.07) is 17.2. The number of para-hydroxylation sites is 1. The Bertz CT molecular complexity index is 1260. The zero-order valence-electron chi connectivity index (χ0n) is 15.9. The van der Waals surface area contributed by atoms with Crippen LogP contribution >= 0.6 is 0 Å². The highest BCUT2D eigenvalue weighted by molar-refractivity contribution is 6.03. The maximum atomic E-state index is 12.5. The molecule has 2 heterocycles. The molecule has 2 aromatic heterocycles. The standard InChI is InChI=1S/C22H18N4O4/c27-20(14-26-22(29)17-8-2-1-6-15(17)12-24-26)25-19-10-4-3-9-18(19)21(28)23-13-16-7-5-11-30-16/h1-12H,13-14H2,(H,23,28)(H,25,27). The number of rotatable bonds is 6. The Morgan fingerprint density at radius 1 is 1.00 bits per heavy atom. The second-order valence-corrected chi connectivity index (χ2v) is 6.55. The summed E-state index contributed by atoms with van der Waals surface area (Å²) in [6.07, 6.45) is 3.07. The molecule has 0 fully saturated rings. The third-order valence-corrected chi connectivity index (χ3v) is 4.50. The molecule has 0 aliphatic carbocycles. The zero-order chi connectivity index (χ0) is 20.9. The summed E-state index contributed by atoms with van der Waals surface area (Å²) in [6.45, 7) is -0.0451. The van der Waals surface area contributed by atoms with Gasteiger partial charge in [-0.1, -0.05) is 30.3 Å². The molecule has 2 aromatic carbocycles. The molecule has 4 aromatic rings. The summed E-state index contributed by atoms with van der Waals surface area (Å²) >= 11 is 0. The van der Waals surface area contributed by atoms with E-state index >= 15 is 0 Å². The summed E-state index contributed by atoms with van der Waals surface area (Å²) in [5.41, 5.74) is 0.289. The molecule has 0 spiro atoms. The van der Waals surface area contributed by atoms with Gasteiger partial charge >= 0.3 is 0 Å². The topological polar surface area (TPSA) is 106 Å². The fourth-order valence-electron chi connectivity index (χ4n) is 3.03. The van der Waals surface area contributed by atoms with E-state index in [9.17, 15) is 14.4 Å². The molecule has 2 amide bonds. The van der Waals surface area contributed by atoms with Crippen molar-refractivity contribution in [3.05, 3.63) is 94.8 Å². The summed E-state index contributed by atoms with van der Waals surface area (Å²) < 4.78 is 6.29. The van der Waals surface area contributed by atoms with Crippen LogP contribution in [0.1, 0.15) is 16.1 Å². The smallest absolute Gasteiger partial charge is 0.275 e. The minimum Gasteiger partial charge on any atom is -0.467 e. The van der Waals surface area contributed by atoms with E-state index in [1.807, 2.05) is 6.07 Å². The second-order valence-electron chi connectivity index (χ2n) is 6.55. The molecule has 4 rings (SSSR count). The van der Waals surface area contributed by atoms with Crippen molar-refractivity contribution in [2.24, 2.45) is 0 Å². The van der Waals surface area contributed by atoms with Gasteiger partial charge in [0.1, 0.15) is 12.3 Å².